The van der Waals surface area contributed by atoms with E-state index >= 15 is 0 Å². The van der Waals surface area contributed by atoms with Crippen molar-refractivity contribution in [3.63, 3.8) is 0 Å². The summed E-state index contributed by atoms with van der Waals surface area (Å²) < 4.78 is 5.32. The first-order valence-electron chi connectivity index (χ1n) is 9.10. The number of carbonyl (C=O) groups is 1. The molecule has 0 aliphatic heterocycles. The van der Waals surface area contributed by atoms with Gasteiger partial charge in [-0.1, -0.05) is 79.6 Å². The van der Waals surface area contributed by atoms with E-state index in [1.54, 1.807) is 24.4 Å². The maximum Gasteiger partial charge on any atom is 0.362 e. The quantitative estimate of drug-likeness (QED) is 0.416. The second-order valence-corrected chi connectivity index (χ2v) is 5.92. The number of hydrogen-bond acceptors (Lipinski definition) is 3. The van der Waals surface area contributed by atoms with Crippen LogP contribution in [0.15, 0.2) is 66.9 Å². The third-order valence-electron chi connectivity index (χ3n) is 3.77. The minimum atomic E-state index is -0.460. The zero-order chi connectivity index (χ0) is 19.6. The summed E-state index contributed by atoms with van der Waals surface area (Å²) in [6, 6.07) is 19.1. The number of aryl methyl sites for hydroxylation is 2. The number of hydrogen-bond donors (Lipinski definition) is 0. The highest BCUT2D eigenvalue weighted by molar-refractivity contribution is 5.89. The average molecular weight is 359 g/mol. The Morgan fingerprint density at radius 1 is 0.778 bits per heavy atom. The highest BCUT2D eigenvalue weighted by Crippen LogP contribution is 2.14. The van der Waals surface area contributed by atoms with Crippen molar-refractivity contribution in [3.05, 3.63) is 94.8 Å². The van der Waals surface area contributed by atoms with Gasteiger partial charge in [0.2, 0.25) is 0 Å². The number of ether oxygens (including phenoxy) is 1. The molecule has 3 nitrogen and oxygen atoms in total. The fourth-order valence-corrected chi connectivity index (χ4v) is 2.26. The minimum Gasteiger partial charge on any atom is -0.422 e. The van der Waals surface area contributed by atoms with Crippen molar-refractivity contribution < 1.29 is 9.53 Å². The molecule has 0 saturated heterocycles. The number of carbonyl (C=O) groups excluding carboxylic acids is 1. The summed E-state index contributed by atoms with van der Waals surface area (Å²) in [6.45, 7) is 8.04. The van der Waals surface area contributed by atoms with Crippen LogP contribution in [-0.2, 0) is 0 Å². The molecule has 138 valence electrons. The van der Waals surface area contributed by atoms with E-state index in [9.17, 15) is 4.79 Å². The summed E-state index contributed by atoms with van der Waals surface area (Å²) in [7, 11) is 0. The molecule has 0 saturated carbocycles. The second kappa shape index (κ2) is 10.1. The summed E-state index contributed by atoms with van der Waals surface area (Å²) >= 11 is 0. The first-order valence-corrected chi connectivity index (χ1v) is 9.10. The number of rotatable bonds is 4. The van der Waals surface area contributed by atoms with Crippen molar-refractivity contribution in [2.24, 2.45) is 0 Å². The Morgan fingerprint density at radius 3 is 1.85 bits per heavy atom. The largest absolute Gasteiger partial charge is 0.422 e. The lowest BCUT2D eigenvalue weighted by molar-refractivity contribution is 0.0728. The van der Waals surface area contributed by atoms with E-state index in [2.05, 4.69) is 36.2 Å². The Bertz CT molecular complexity index is 877. The molecule has 0 fully saturated rings. The van der Waals surface area contributed by atoms with Gasteiger partial charge in [-0.15, -0.1) is 0 Å². The maximum atomic E-state index is 12.1. The molecule has 3 heteroatoms. The fraction of sp³-hybridized carbons (Fsp3) is 0.167. The van der Waals surface area contributed by atoms with Crippen molar-refractivity contribution in [2.45, 2.75) is 27.7 Å². The van der Waals surface area contributed by atoms with Gasteiger partial charge in [0.25, 0.3) is 0 Å². The summed E-state index contributed by atoms with van der Waals surface area (Å²) in [6.07, 6.45) is 5.64. The van der Waals surface area contributed by atoms with E-state index in [1.807, 2.05) is 51.1 Å². The smallest absolute Gasteiger partial charge is 0.362 e. The van der Waals surface area contributed by atoms with E-state index in [4.69, 9.17) is 4.74 Å². The molecule has 1 heterocycles. The number of aromatic nitrogens is 1. The van der Waals surface area contributed by atoms with Gasteiger partial charge in [-0.3, -0.25) is 0 Å². The van der Waals surface area contributed by atoms with Crippen LogP contribution in [0, 0.1) is 13.8 Å². The van der Waals surface area contributed by atoms with Crippen LogP contribution in [0.5, 0.6) is 5.75 Å². The van der Waals surface area contributed by atoms with E-state index in [0.717, 1.165) is 16.7 Å². The zero-order valence-electron chi connectivity index (χ0n) is 16.3. The molecular weight excluding hydrogens is 334 g/mol. The van der Waals surface area contributed by atoms with Crippen molar-refractivity contribution >= 4 is 18.1 Å². The normalized spacial score (nSPS) is 10.2. The third kappa shape index (κ3) is 6.23. The molecular formula is C24H25NO2. The molecule has 3 aromatic rings. The minimum absolute atomic E-state index is 0.285. The van der Waals surface area contributed by atoms with Crippen LogP contribution in [0.1, 0.15) is 46.6 Å². The number of benzene rings is 2. The lowest BCUT2D eigenvalue weighted by Gasteiger charge is -2.04. The molecule has 0 N–H and O–H groups in total. The molecule has 0 aliphatic carbocycles. The van der Waals surface area contributed by atoms with Crippen LogP contribution in [0.2, 0.25) is 0 Å². The first kappa shape index (κ1) is 20.1. The molecule has 2 aromatic carbocycles. The Kier molecular flexibility index (Phi) is 7.50. The summed E-state index contributed by atoms with van der Waals surface area (Å²) in [5.74, 6) is 0.0543. The Morgan fingerprint density at radius 2 is 1.30 bits per heavy atom. The average Bonchev–Trinajstić information content (AvgIpc) is 2.71. The van der Waals surface area contributed by atoms with Gasteiger partial charge < -0.3 is 4.74 Å². The third-order valence-corrected chi connectivity index (χ3v) is 3.77. The van der Waals surface area contributed by atoms with Crippen molar-refractivity contribution in [3.8, 4) is 5.75 Å². The number of nitrogens with zero attached hydrogens (tertiary/aromatic N) is 1. The molecule has 0 aliphatic rings. The van der Waals surface area contributed by atoms with E-state index in [0.29, 0.717) is 5.75 Å². The Hall–Kier alpha value is -3.20. The molecule has 3 rings (SSSR count). The maximum absolute atomic E-state index is 12.1. The first-order chi connectivity index (χ1) is 13.1. The zero-order valence-corrected chi connectivity index (χ0v) is 16.3. The molecule has 0 unspecified atom stereocenters. The van der Waals surface area contributed by atoms with Crippen LogP contribution < -0.4 is 4.74 Å². The standard InChI is InChI=1S/C22H19NO2.C2H6/c1-16-3-7-18(8-4-16)9-10-19-11-14-21(23-15-19)22(24)25-20-12-5-17(2)6-13-20;1-2/h3-15H,1-2H3;1-2H3/b10-9+;. The topological polar surface area (TPSA) is 39.2 Å². The lowest BCUT2D eigenvalue weighted by atomic mass is 10.1. The monoisotopic (exact) mass is 359 g/mol. The molecule has 0 spiro atoms. The van der Waals surface area contributed by atoms with Gasteiger partial charge in [0, 0.05) is 6.20 Å². The Balaban J connectivity index is 0.00000126. The van der Waals surface area contributed by atoms with Gasteiger partial charge in [-0.25, -0.2) is 9.78 Å². The molecule has 0 atom stereocenters. The highest BCUT2D eigenvalue weighted by atomic mass is 16.5. The molecule has 0 radical (unpaired) electrons. The number of esters is 1. The molecule has 1 aromatic heterocycles. The van der Waals surface area contributed by atoms with Gasteiger partial charge >= 0.3 is 5.97 Å². The van der Waals surface area contributed by atoms with Crippen LogP contribution in [0.25, 0.3) is 12.2 Å². The van der Waals surface area contributed by atoms with Crippen molar-refractivity contribution in [1.29, 1.82) is 0 Å². The lowest BCUT2D eigenvalue weighted by Crippen LogP contribution is -2.10. The molecule has 0 bridgehead atoms. The predicted molar refractivity (Wildman–Crippen MR) is 112 cm³/mol. The van der Waals surface area contributed by atoms with Gasteiger partial charge in [0.1, 0.15) is 11.4 Å². The Labute approximate surface area is 161 Å². The number of pyridine rings is 1. The van der Waals surface area contributed by atoms with Gasteiger partial charge in [-0.05, 0) is 43.2 Å². The van der Waals surface area contributed by atoms with Crippen molar-refractivity contribution in [1.82, 2.24) is 4.98 Å². The predicted octanol–water partition coefficient (Wildman–Crippen LogP) is 6.11. The van der Waals surface area contributed by atoms with Crippen LogP contribution in [-0.4, -0.2) is 11.0 Å². The summed E-state index contributed by atoms with van der Waals surface area (Å²) in [5, 5.41) is 0. The van der Waals surface area contributed by atoms with Crippen LogP contribution >= 0.6 is 0 Å². The van der Waals surface area contributed by atoms with Crippen molar-refractivity contribution in [2.75, 3.05) is 0 Å². The highest BCUT2D eigenvalue weighted by Gasteiger charge is 2.09. The molecule has 0 amide bonds. The summed E-state index contributed by atoms with van der Waals surface area (Å²) in [4.78, 5) is 16.3. The van der Waals surface area contributed by atoms with E-state index in [1.165, 1.54) is 5.56 Å². The van der Waals surface area contributed by atoms with E-state index in [-0.39, 0.29) is 5.69 Å². The summed E-state index contributed by atoms with van der Waals surface area (Å²) in [5.41, 5.74) is 4.67. The van der Waals surface area contributed by atoms with Gasteiger partial charge in [0.15, 0.2) is 0 Å². The van der Waals surface area contributed by atoms with Gasteiger partial charge in [-0.2, -0.15) is 0 Å². The van der Waals surface area contributed by atoms with Crippen LogP contribution in [0.3, 0.4) is 0 Å². The molecule has 27 heavy (non-hydrogen) atoms. The van der Waals surface area contributed by atoms with E-state index < -0.39 is 5.97 Å². The second-order valence-electron chi connectivity index (χ2n) is 5.92. The van der Waals surface area contributed by atoms with Gasteiger partial charge in [0.05, 0.1) is 0 Å². The fourth-order valence-electron chi connectivity index (χ4n) is 2.26. The SMILES string of the molecule is CC.Cc1ccc(/C=C/c2ccc(C(=O)Oc3ccc(C)cc3)nc2)cc1. The van der Waals surface area contributed by atoms with Crippen LogP contribution in [0.4, 0.5) is 0 Å².